The summed E-state index contributed by atoms with van der Waals surface area (Å²) in [6.45, 7) is 9.22. The molecular formula is C43H34N2O. The van der Waals surface area contributed by atoms with E-state index in [9.17, 15) is 4.79 Å². The Hall–Kier alpha value is -5.41. The van der Waals surface area contributed by atoms with Crippen LogP contribution in [0, 0.1) is 0 Å². The first-order valence-electron chi connectivity index (χ1n) is 16.1. The topological polar surface area (TPSA) is 23.6 Å². The van der Waals surface area contributed by atoms with E-state index < -0.39 is 0 Å². The third-order valence-electron chi connectivity index (χ3n) is 10.6. The Labute approximate surface area is 270 Å². The van der Waals surface area contributed by atoms with Crippen LogP contribution in [0.2, 0.25) is 0 Å². The Morgan fingerprint density at radius 2 is 0.696 bits per heavy atom. The predicted octanol–water partition coefficient (Wildman–Crippen LogP) is 11.1. The van der Waals surface area contributed by atoms with Gasteiger partial charge in [-0.15, -0.1) is 0 Å². The Balaban J connectivity index is 1.22. The lowest BCUT2D eigenvalue weighted by Gasteiger charge is -2.42. The number of nitrogens with zero attached hydrogens (tertiary/aromatic N) is 2. The number of anilines is 6. The summed E-state index contributed by atoms with van der Waals surface area (Å²) in [5, 5.41) is 0. The van der Waals surface area contributed by atoms with E-state index in [0.717, 1.165) is 33.6 Å². The SMILES string of the molecule is CC1(C)c2ccccc2N(c2ccc3c(c2)-c2cc(N4c5ccccc5C(C)(C)c5ccccc54)ccc2C3=O)c2ccccc21. The summed E-state index contributed by atoms with van der Waals surface area (Å²) in [6.07, 6.45) is 0. The Morgan fingerprint density at radius 3 is 1.02 bits per heavy atom. The molecule has 2 aliphatic heterocycles. The first-order chi connectivity index (χ1) is 22.3. The minimum absolute atomic E-state index is 0.0873. The number of hydrogen-bond donors (Lipinski definition) is 0. The summed E-state index contributed by atoms with van der Waals surface area (Å²) in [5.74, 6) is 0.0873. The molecule has 9 rings (SSSR count). The van der Waals surface area contributed by atoms with Crippen molar-refractivity contribution in [3.8, 4) is 11.1 Å². The normalized spacial score (nSPS) is 16.1. The Bertz CT molecular complexity index is 2000. The van der Waals surface area contributed by atoms with Crippen LogP contribution >= 0.6 is 0 Å². The fourth-order valence-electron chi connectivity index (χ4n) is 8.22. The van der Waals surface area contributed by atoms with Crippen LogP contribution in [-0.4, -0.2) is 5.78 Å². The van der Waals surface area contributed by atoms with Gasteiger partial charge >= 0.3 is 0 Å². The highest BCUT2D eigenvalue weighted by Crippen LogP contribution is 2.55. The molecule has 0 bridgehead atoms. The standard InChI is InChI=1S/C43H34N2O/c1-42(2)33-13-5-9-17-37(33)44(38-18-10-6-14-34(38)42)27-21-23-29-31(25-27)32-26-28(22-24-30(32)41(29)46)45-39-19-11-7-15-35(39)43(3,4)36-16-8-12-20-40(36)45/h5-26H,1-4H3. The van der Waals surface area contributed by atoms with Gasteiger partial charge in [-0.25, -0.2) is 0 Å². The van der Waals surface area contributed by atoms with Crippen LogP contribution < -0.4 is 9.80 Å². The van der Waals surface area contributed by atoms with Crippen molar-refractivity contribution in [2.24, 2.45) is 0 Å². The van der Waals surface area contributed by atoms with Crippen molar-refractivity contribution in [3.05, 3.63) is 167 Å². The lowest BCUT2D eigenvalue weighted by atomic mass is 9.73. The molecule has 0 N–H and O–H groups in total. The van der Waals surface area contributed by atoms with Crippen LogP contribution in [-0.2, 0) is 10.8 Å². The number of fused-ring (bicyclic) bond motifs is 7. The van der Waals surface area contributed by atoms with Gasteiger partial charge in [0.1, 0.15) is 0 Å². The average Bonchev–Trinajstić information content (AvgIpc) is 3.35. The molecule has 0 radical (unpaired) electrons. The fraction of sp³-hybridized carbons (Fsp3) is 0.140. The van der Waals surface area contributed by atoms with Crippen LogP contribution in [0.1, 0.15) is 65.9 Å². The van der Waals surface area contributed by atoms with Crippen molar-refractivity contribution in [1.82, 2.24) is 0 Å². The molecule has 3 aliphatic rings. The number of carbonyl (C=O) groups is 1. The second-order valence-corrected chi connectivity index (χ2v) is 13.8. The highest BCUT2D eigenvalue weighted by atomic mass is 16.1. The Morgan fingerprint density at radius 1 is 0.391 bits per heavy atom. The monoisotopic (exact) mass is 594 g/mol. The van der Waals surface area contributed by atoms with Gasteiger partial charge in [0.15, 0.2) is 5.78 Å². The van der Waals surface area contributed by atoms with E-state index in [0.29, 0.717) is 0 Å². The van der Waals surface area contributed by atoms with Crippen LogP contribution in [0.25, 0.3) is 11.1 Å². The first-order valence-corrected chi connectivity index (χ1v) is 16.1. The summed E-state index contributed by atoms with van der Waals surface area (Å²) in [5.41, 5.74) is 15.2. The van der Waals surface area contributed by atoms with Gasteiger partial charge in [-0.2, -0.15) is 0 Å². The highest BCUT2D eigenvalue weighted by molar-refractivity contribution is 6.22. The number of carbonyl (C=O) groups excluding carboxylic acids is 1. The number of rotatable bonds is 2. The second-order valence-electron chi connectivity index (χ2n) is 13.8. The van der Waals surface area contributed by atoms with Gasteiger partial charge in [0.25, 0.3) is 0 Å². The molecule has 0 spiro atoms. The van der Waals surface area contributed by atoms with Crippen molar-refractivity contribution in [2.75, 3.05) is 9.80 Å². The van der Waals surface area contributed by atoms with Crippen molar-refractivity contribution < 1.29 is 4.79 Å². The number of hydrogen-bond acceptors (Lipinski definition) is 3. The molecule has 0 atom stereocenters. The zero-order valence-corrected chi connectivity index (χ0v) is 26.5. The van der Waals surface area contributed by atoms with Crippen LogP contribution in [0.15, 0.2) is 133 Å². The highest BCUT2D eigenvalue weighted by Gasteiger charge is 2.39. The minimum atomic E-state index is -0.131. The lowest BCUT2D eigenvalue weighted by Crippen LogP contribution is -2.30. The van der Waals surface area contributed by atoms with E-state index in [4.69, 9.17) is 0 Å². The van der Waals surface area contributed by atoms with E-state index in [2.05, 4.69) is 159 Å². The molecular weight excluding hydrogens is 560 g/mol. The van der Waals surface area contributed by atoms with Crippen LogP contribution in [0.5, 0.6) is 0 Å². The Kier molecular flexibility index (Phi) is 5.45. The first kappa shape index (κ1) is 26.9. The van der Waals surface area contributed by atoms with E-state index in [1.807, 2.05) is 12.1 Å². The van der Waals surface area contributed by atoms with E-state index in [-0.39, 0.29) is 16.6 Å². The van der Waals surface area contributed by atoms with Gasteiger partial charge in [0.2, 0.25) is 0 Å². The predicted molar refractivity (Wildman–Crippen MR) is 189 cm³/mol. The molecule has 1 aliphatic carbocycles. The third kappa shape index (κ3) is 3.51. The summed E-state index contributed by atoms with van der Waals surface area (Å²) in [4.78, 5) is 18.5. The van der Waals surface area contributed by atoms with Gasteiger partial charge in [-0.1, -0.05) is 100 Å². The molecule has 46 heavy (non-hydrogen) atoms. The van der Waals surface area contributed by atoms with Crippen molar-refractivity contribution in [3.63, 3.8) is 0 Å². The molecule has 0 aromatic heterocycles. The van der Waals surface area contributed by atoms with Crippen molar-refractivity contribution >= 4 is 39.9 Å². The average molecular weight is 595 g/mol. The third-order valence-corrected chi connectivity index (χ3v) is 10.6. The molecule has 0 amide bonds. The number of para-hydroxylation sites is 4. The van der Waals surface area contributed by atoms with Gasteiger partial charge < -0.3 is 9.80 Å². The summed E-state index contributed by atoms with van der Waals surface area (Å²) < 4.78 is 0. The molecule has 2 heterocycles. The minimum Gasteiger partial charge on any atom is -0.310 e. The maximum Gasteiger partial charge on any atom is 0.194 e. The lowest BCUT2D eigenvalue weighted by molar-refractivity contribution is 0.104. The maximum atomic E-state index is 13.8. The van der Waals surface area contributed by atoms with E-state index >= 15 is 0 Å². The zero-order chi connectivity index (χ0) is 31.4. The molecule has 6 aromatic carbocycles. The quantitative estimate of drug-likeness (QED) is 0.199. The van der Waals surface area contributed by atoms with Crippen molar-refractivity contribution in [1.29, 1.82) is 0 Å². The molecule has 0 fully saturated rings. The molecule has 0 unspecified atom stereocenters. The second kappa shape index (κ2) is 9.31. The van der Waals surface area contributed by atoms with Crippen LogP contribution in [0.3, 0.4) is 0 Å². The zero-order valence-electron chi connectivity index (χ0n) is 26.5. The summed E-state index contributed by atoms with van der Waals surface area (Å²) in [7, 11) is 0. The molecule has 6 aromatic rings. The van der Waals surface area contributed by atoms with Crippen molar-refractivity contribution in [2.45, 2.75) is 38.5 Å². The fourth-order valence-corrected chi connectivity index (χ4v) is 8.22. The molecule has 3 heteroatoms. The summed E-state index contributed by atoms with van der Waals surface area (Å²) in [6, 6.07) is 47.5. The number of ketones is 1. The largest absolute Gasteiger partial charge is 0.310 e. The smallest absolute Gasteiger partial charge is 0.194 e. The molecule has 222 valence electrons. The molecule has 0 saturated heterocycles. The summed E-state index contributed by atoms with van der Waals surface area (Å²) >= 11 is 0. The molecule has 0 saturated carbocycles. The van der Waals surface area contributed by atoms with Crippen LogP contribution in [0.4, 0.5) is 34.1 Å². The van der Waals surface area contributed by atoms with E-state index in [1.54, 1.807) is 0 Å². The maximum absolute atomic E-state index is 13.8. The molecule has 3 nitrogen and oxygen atoms in total. The van der Waals surface area contributed by atoms with Gasteiger partial charge in [-0.05, 0) is 94.0 Å². The number of benzene rings is 6. The van der Waals surface area contributed by atoms with Gasteiger partial charge in [0, 0.05) is 33.3 Å². The van der Waals surface area contributed by atoms with Gasteiger partial charge in [-0.3, -0.25) is 4.79 Å². The van der Waals surface area contributed by atoms with E-state index in [1.165, 1.54) is 45.0 Å². The van der Waals surface area contributed by atoms with Gasteiger partial charge in [0.05, 0.1) is 22.7 Å².